The third kappa shape index (κ3) is 2.85. The lowest BCUT2D eigenvalue weighted by molar-refractivity contribution is 0.0998. The number of carbonyl (C=O) groups is 1. The normalized spacial score (nSPS) is 10.9. The number of anilines is 1. The molecule has 0 saturated heterocycles. The summed E-state index contributed by atoms with van der Waals surface area (Å²) in [5.41, 5.74) is 2.19. The summed E-state index contributed by atoms with van der Waals surface area (Å²) in [7, 11) is 0. The highest BCUT2D eigenvalue weighted by Crippen LogP contribution is 2.28. The summed E-state index contributed by atoms with van der Waals surface area (Å²) in [5.74, 6) is 0.0508. The van der Waals surface area contributed by atoms with Crippen LogP contribution in [0.25, 0.3) is 11.0 Å². The van der Waals surface area contributed by atoms with Crippen LogP contribution >= 0.6 is 23.4 Å². The molecule has 0 aliphatic rings. The van der Waals surface area contributed by atoms with Crippen LogP contribution in [-0.4, -0.2) is 12.2 Å². The van der Waals surface area contributed by atoms with Gasteiger partial charge in [0, 0.05) is 26.6 Å². The summed E-state index contributed by atoms with van der Waals surface area (Å²) in [6.07, 6.45) is 1.99. The van der Waals surface area contributed by atoms with Crippen LogP contribution in [0.2, 0.25) is 5.02 Å². The number of furan rings is 1. The lowest BCUT2D eigenvalue weighted by Crippen LogP contribution is -2.12. The van der Waals surface area contributed by atoms with Gasteiger partial charge in [-0.25, -0.2) is 0 Å². The maximum atomic E-state index is 12.4. The largest absolute Gasteiger partial charge is 0.451 e. The summed E-state index contributed by atoms with van der Waals surface area (Å²) >= 11 is 7.62. The van der Waals surface area contributed by atoms with Gasteiger partial charge in [0.15, 0.2) is 5.76 Å². The third-order valence-electron chi connectivity index (χ3n) is 3.43. The van der Waals surface area contributed by atoms with Gasteiger partial charge in [-0.05, 0) is 49.6 Å². The van der Waals surface area contributed by atoms with Crippen molar-refractivity contribution in [3.8, 4) is 0 Å². The molecule has 1 aromatic heterocycles. The number of carbonyl (C=O) groups excluding carboxylic acids is 1. The molecule has 22 heavy (non-hydrogen) atoms. The Morgan fingerprint density at radius 2 is 2.05 bits per heavy atom. The van der Waals surface area contributed by atoms with E-state index >= 15 is 0 Å². The lowest BCUT2D eigenvalue weighted by atomic mass is 10.1. The first-order valence-electron chi connectivity index (χ1n) is 6.72. The molecule has 112 valence electrons. The predicted octanol–water partition coefficient (Wildman–Crippen LogP) is 5.37. The summed E-state index contributed by atoms with van der Waals surface area (Å²) in [5, 5.41) is 4.35. The van der Waals surface area contributed by atoms with Gasteiger partial charge in [0.25, 0.3) is 5.91 Å². The average molecular weight is 332 g/mol. The molecule has 0 saturated carbocycles. The zero-order valence-corrected chi connectivity index (χ0v) is 13.7. The Kier molecular flexibility index (Phi) is 4.14. The first-order valence-corrected chi connectivity index (χ1v) is 8.33. The van der Waals surface area contributed by atoms with Crippen molar-refractivity contribution < 1.29 is 9.21 Å². The molecule has 1 N–H and O–H groups in total. The fourth-order valence-corrected chi connectivity index (χ4v) is 2.93. The maximum Gasteiger partial charge on any atom is 0.291 e. The van der Waals surface area contributed by atoms with E-state index in [1.807, 2.05) is 37.4 Å². The van der Waals surface area contributed by atoms with Crippen molar-refractivity contribution in [3.63, 3.8) is 0 Å². The van der Waals surface area contributed by atoms with Crippen LogP contribution in [0.5, 0.6) is 0 Å². The number of benzene rings is 2. The van der Waals surface area contributed by atoms with Gasteiger partial charge >= 0.3 is 0 Å². The molecular formula is C17H14ClNO2S. The van der Waals surface area contributed by atoms with Crippen LogP contribution in [0.1, 0.15) is 16.1 Å². The maximum absolute atomic E-state index is 12.4. The number of hydrogen-bond acceptors (Lipinski definition) is 3. The topological polar surface area (TPSA) is 42.2 Å². The number of aryl methyl sites for hydroxylation is 1. The Bertz CT molecular complexity index is 857. The van der Waals surface area contributed by atoms with Crippen molar-refractivity contribution in [1.29, 1.82) is 0 Å². The molecule has 5 heteroatoms. The molecule has 1 amide bonds. The lowest BCUT2D eigenvalue weighted by Gasteiger charge is -2.05. The van der Waals surface area contributed by atoms with Gasteiger partial charge in [0.1, 0.15) is 5.58 Å². The first kappa shape index (κ1) is 15.0. The third-order valence-corrected chi connectivity index (χ3v) is 4.39. The van der Waals surface area contributed by atoms with Gasteiger partial charge in [-0.3, -0.25) is 4.79 Å². The van der Waals surface area contributed by atoms with E-state index in [2.05, 4.69) is 5.32 Å². The molecule has 1 heterocycles. The molecule has 3 nitrogen and oxygen atoms in total. The van der Waals surface area contributed by atoms with Gasteiger partial charge < -0.3 is 9.73 Å². The van der Waals surface area contributed by atoms with Crippen molar-refractivity contribution in [2.45, 2.75) is 11.8 Å². The van der Waals surface area contributed by atoms with Crippen LogP contribution in [0.15, 0.2) is 51.8 Å². The Balaban J connectivity index is 1.93. The summed E-state index contributed by atoms with van der Waals surface area (Å²) < 4.78 is 5.67. The van der Waals surface area contributed by atoms with E-state index in [0.717, 1.165) is 21.5 Å². The number of fused-ring (bicyclic) bond motifs is 1. The van der Waals surface area contributed by atoms with E-state index in [9.17, 15) is 4.79 Å². The molecule has 2 aromatic carbocycles. The summed E-state index contributed by atoms with van der Waals surface area (Å²) in [6, 6.07) is 13.0. The zero-order valence-electron chi connectivity index (χ0n) is 12.1. The second-order valence-corrected chi connectivity index (χ2v) is 6.20. The molecule has 3 aromatic rings. The zero-order chi connectivity index (χ0) is 15.7. The monoisotopic (exact) mass is 331 g/mol. The van der Waals surface area contributed by atoms with Crippen LogP contribution in [-0.2, 0) is 0 Å². The highest BCUT2D eigenvalue weighted by molar-refractivity contribution is 7.98. The van der Waals surface area contributed by atoms with Crippen LogP contribution < -0.4 is 5.32 Å². The van der Waals surface area contributed by atoms with Crippen molar-refractivity contribution >= 4 is 45.9 Å². The van der Waals surface area contributed by atoms with E-state index in [0.29, 0.717) is 16.4 Å². The van der Waals surface area contributed by atoms with E-state index in [-0.39, 0.29) is 5.91 Å². The van der Waals surface area contributed by atoms with Gasteiger partial charge in [-0.2, -0.15) is 0 Å². The van der Waals surface area contributed by atoms with Crippen LogP contribution in [0.4, 0.5) is 5.69 Å². The minimum atomic E-state index is -0.261. The smallest absolute Gasteiger partial charge is 0.291 e. The van der Waals surface area contributed by atoms with Crippen LogP contribution in [0.3, 0.4) is 0 Å². The number of halogens is 1. The minimum absolute atomic E-state index is 0.261. The fourth-order valence-electron chi connectivity index (χ4n) is 2.30. The number of hydrogen-bond donors (Lipinski definition) is 1. The van der Waals surface area contributed by atoms with Crippen molar-refractivity contribution in [2.75, 3.05) is 11.6 Å². The van der Waals surface area contributed by atoms with E-state index in [1.165, 1.54) is 0 Å². The van der Waals surface area contributed by atoms with Gasteiger partial charge in [-0.1, -0.05) is 17.7 Å². The van der Waals surface area contributed by atoms with Gasteiger partial charge in [0.2, 0.25) is 0 Å². The molecule has 3 rings (SSSR count). The average Bonchev–Trinajstić information content (AvgIpc) is 2.84. The standard InChI is InChI=1S/C17H14ClNO2S/c1-10-14-8-11(18)6-7-15(14)21-16(10)17(20)19-12-4-3-5-13(9-12)22-2/h3-9H,1-2H3,(H,19,20). The second kappa shape index (κ2) is 6.07. The first-order chi connectivity index (χ1) is 10.6. The molecule has 0 aliphatic heterocycles. The molecule has 0 radical (unpaired) electrons. The molecule has 0 bridgehead atoms. The Morgan fingerprint density at radius 1 is 1.23 bits per heavy atom. The second-order valence-electron chi connectivity index (χ2n) is 4.88. The van der Waals surface area contributed by atoms with Crippen molar-refractivity contribution in [2.24, 2.45) is 0 Å². The van der Waals surface area contributed by atoms with E-state index in [1.54, 1.807) is 30.0 Å². The van der Waals surface area contributed by atoms with E-state index < -0.39 is 0 Å². The van der Waals surface area contributed by atoms with Crippen molar-refractivity contribution in [1.82, 2.24) is 0 Å². The predicted molar refractivity (Wildman–Crippen MR) is 92.1 cm³/mol. The van der Waals surface area contributed by atoms with E-state index in [4.69, 9.17) is 16.0 Å². The number of thioether (sulfide) groups is 1. The Morgan fingerprint density at radius 3 is 2.82 bits per heavy atom. The number of nitrogens with one attached hydrogen (secondary N) is 1. The molecular weight excluding hydrogens is 318 g/mol. The summed E-state index contributed by atoms with van der Waals surface area (Å²) in [6.45, 7) is 1.86. The quantitative estimate of drug-likeness (QED) is 0.656. The minimum Gasteiger partial charge on any atom is -0.451 e. The summed E-state index contributed by atoms with van der Waals surface area (Å²) in [4.78, 5) is 13.5. The SMILES string of the molecule is CSc1cccc(NC(=O)c2oc3ccc(Cl)cc3c2C)c1. The highest BCUT2D eigenvalue weighted by Gasteiger charge is 2.18. The Hall–Kier alpha value is -1.91. The number of rotatable bonds is 3. The van der Waals surface area contributed by atoms with Crippen molar-refractivity contribution in [3.05, 3.63) is 58.8 Å². The molecule has 0 fully saturated rings. The highest BCUT2D eigenvalue weighted by atomic mass is 35.5. The molecule has 0 atom stereocenters. The molecule has 0 unspecified atom stereocenters. The molecule has 0 aliphatic carbocycles. The molecule has 0 spiro atoms. The van der Waals surface area contributed by atoms with Crippen LogP contribution in [0, 0.1) is 6.92 Å². The Labute approximate surface area is 137 Å². The fraction of sp³-hybridized carbons (Fsp3) is 0.118. The number of amides is 1. The van der Waals surface area contributed by atoms with Gasteiger partial charge in [0.05, 0.1) is 0 Å². The van der Waals surface area contributed by atoms with Gasteiger partial charge in [-0.15, -0.1) is 11.8 Å².